The first-order chi connectivity index (χ1) is 11.2. The Balaban J connectivity index is 2.00. The lowest BCUT2D eigenvalue weighted by molar-refractivity contribution is 0.606. The van der Waals surface area contributed by atoms with Crippen molar-refractivity contribution in [2.24, 2.45) is 5.73 Å². The highest BCUT2D eigenvalue weighted by atomic mass is 32.2. The van der Waals surface area contributed by atoms with Gasteiger partial charge in [0.05, 0.1) is 17.1 Å². The SMILES string of the molecule is CSCCC(N)c1nc2ccccc2n1Cc1ccc(F)cc1. The summed E-state index contributed by atoms with van der Waals surface area (Å²) in [5.41, 5.74) is 9.41. The summed E-state index contributed by atoms with van der Waals surface area (Å²) >= 11 is 1.78. The van der Waals surface area contributed by atoms with E-state index in [4.69, 9.17) is 10.7 Å². The lowest BCUT2D eigenvalue weighted by atomic mass is 10.2. The standard InChI is InChI=1S/C18H20FN3S/c1-23-11-10-15(20)18-21-16-4-2-3-5-17(16)22(18)12-13-6-8-14(19)9-7-13/h2-9,15H,10-12,20H2,1H3. The Morgan fingerprint density at radius 1 is 1.17 bits per heavy atom. The van der Waals surface area contributed by atoms with Crippen LogP contribution in [0.5, 0.6) is 0 Å². The number of thioether (sulfide) groups is 1. The highest BCUT2D eigenvalue weighted by molar-refractivity contribution is 7.98. The molecular weight excluding hydrogens is 309 g/mol. The van der Waals surface area contributed by atoms with Crippen molar-refractivity contribution in [3.63, 3.8) is 0 Å². The van der Waals surface area contributed by atoms with Crippen LogP contribution >= 0.6 is 11.8 Å². The van der Waals surface area contributed by atoms with Crippen LogP contribution in [0.25, 0.3) is 11.0 Å². The average molecular weight is 329 g/mol. The minimum Gasteiger partial charge on any atom is -0.322 e. The average Bonchev–Trinajstić information content (AvgIpc) is 2.93. The summed E-state index contributed by atoms with van der Waals surface area (Å²) < 4.78 is 15.3. The molecule has 0 aliphatic rings. The monoisotopic (exact) mass is 329 g/mol. The molecule has 3 nitrogen and oxygen atoms in total. The van der Waals surface area contributed by atoms with Crippen LogP contribution < -0.4 is 5.73 Å². The highest BCUT2D eigenvalue weighted by Crippen LogP contribution is 2.23. The molecule has 3 rings (SSSR count). The molecule has 0 bridgehead atoms. The molecule has 0 saturated carbocycles. The Morgan fingerprint density at radius 2 is 1.91 bits per heavy atom. The molecule has 0 aliphatic heterocycles. The van der Waals surface area contributed by atoms with Crippen molar-refractivity contribution < 1.29 is 4.39 Å². The number of hydrogen-bond acceptors (Lipinski definition) is 3. The Hall–Kier alpha value is -1.85. The zero-order chi connectivity index (χ0) is 16.2. The Labute approximate surface area is 139 Å². The van der Waals surface area contributed by atoms with Gasteiger partial charge in [-0.1, -0.05) is 24.3 Å². The number of hydrogen-bond donors (Lipinski definition) is 1. The molecule has 0 amide bonds. The molecule has 3 aromatic rings. The maximum atomic E-state index is 13.1. The number of halogens is 1. The van der Waals surface area contributed by atoms with E-state index in [-0.39, 0.29) is 11.9 Å². The molecule has 5 heteroatoms. The van der Waals surface area contributed by atoms with E-state index in [9.17, 15) is 4.39 Å². The van der Waals surface area contributed by atoms with E-state index < -0.39 is 0 Å². The first kappa shape index (κ1) is 16.0. The van der Waals surface area contributed by atoms with E-state index >= 15 is 0 Å². The molecule has 0 radical (unpaired) electrons. The van der Waals surface area contributed by atoms with Gasteiger partial charge < -0.3 is 10.3 Å². The highest BCUT2D eigenvalue weighted by Gasteiger charge is 2.17. The smallest absolute Gasteiger partial charge is 0.127 e. The van der Waals surface area contributed by atoms with Gasteiger partial charge >= 0.3 is 0 Å². The predicted molar refractivity (Wildman–Crippen MR) is 95.2 cm³/mol. The van der Waals surface area contributed by atoms with Crippen LogP contribution in [0.1, 0.15) is 23.9 Å². The van der Waals surface area contributed by atoms with Gasteiger partial charge in [-0.2, -0.15) is 11.8 Å². The molecule has 0 fully saturated rings. The van der Waals surface area contributed by atoms with Crippen LogP contribution in [0.2, 0.25) is 0 Å². The fraction of sp³-hybridized carbons (Fsp3) is 0.278. The third-order valence-electron chi connectivity index (χ3n) is 3.90. The number of nitrogens with zero attached hydrogens (tertiary/aromatic N) is 2. The van der Waals surface area contributed by atoms with Gasteiger partial charge in [0.1, 0.15) is 11.6 Å². The summed E-state index contributed by atoms with van der Waals surface area (Å²) in [5.74, 6) is 1.67. The zero-order valence-corrected chi connectivity index (χ0v) is 13.9. The Morgan fingerprint density at radius 3 is 2.65 bits per heavy atom. The fourth-order valence-corrected chi connectivity index (χ4v) is 3.18. The van der Waals surface area contributed by atoms with Crippen molar-refractivity contribution >= 4 is 22.8 Å². The second-order valence-corrected chi connectivity index (χ2v) is 6.54. The van der Waals surface area contributed by atoms with E-state index in [1.54, 1.807) is 23.9 Å². The van der Waals surface area contributed by atoms with Crippen molar-refractivity contribution in [1.82, 2.24) is 9.55 Å². The molecule has 1 unspecified atom stereocenters. The van der Waals surface area contributed by atoms with Crippen LogP contribution in [0.4, 0.5) is 4.39 Å². The summed E-state index contributed by atoms with van der Waals surface area (Å²) in [6.07, 6.45) is 2.96. The van der Waals surface area contributed by atoms with Gasteiger partial charge in [-0.05, 0) is 48.3 Å². The predicted octanol–water partition coefficient (Wildman–Crippen LogP) is 3.98. The minimum atomic E-state index is -0.221. The second-order valence-electron chi connectivity index (χ2n) is 5.56. The summed E-state index contributed by atoms with van der Waals surface area (Å²) in [5, 5.41) is 0. The maximum Gasteiger partial charge on any atom is 0.127 e. The van der Waals surface area contributed by atoms with Crippen LogP contribution in [-0.2, 0) is 6.54 Å². The number of nitrogens with two attached hydrogens (primary N) is 1. The van der Waals surface area contributed by atoms with Crippen molar-refractivity contribution in [2.45, 2.75) is 19.0 Å². The summed E-state index contributed by atoms with van der Waals surface area (Å²) in [4.78, 5) is 4.73. The minimum absolute atomic E-state index is 0.102. The summed E-state index contributed by atoms with van der Waals surface area (Å²) in [6.45, 7) is 0.642. The molecule has 120 valence electrons. The molecule has 23 heavy (non-hydrogen) atoms. The maximum absolute atomic E-state index is 13.1. The molecule has 0 saturated heterocycles. The first-order valence-corrected chi connectivity index (χ1v) is 9.02. The van der Waals surface area contributed by atoms with E-state index in [0.717, 1.165) is 34.6 Å². The third kappa shape index (κ3) is 3.57. The molecular formula is C18H20FN3S. The molecule has 2 N–H and O–H groups in total. The number of aromatic nitrogens is 2. The molecule has 2 aromatic carbocycles. The van der Waals surface area contributed by atoms with E-state index in [0.29, 0.717) is 6.54 Å². The molecule has 0 spiro atoms. The van der Waals surface area contributed by atoms with E-state index in [2.05, 4.69) is 16.9 Å². The van der Waals surface area contributed by atoms with Crippen LogP contribution in [0, 0.1) is 5.82 Å². The zero-order valence-electron chi connectivity index (χ0n) is 13.1. The van der Waals surface area contributed by atoms with Gasteiger partial charge in [0.2, 0.25) is 0 Å². The van der Waals surface area contributed by atoms with Crippen molar-refractivity contribution in [3.05, 3.63) is 65.7 Å². The summed E-state index contributed by atoms with van der Waals surface area (Å²) in [7, 11) is 0. The van der Waals surface area contributed by atoms with Crippen LogP contribution in [-0.4, -0.2) is 21.6 Å². The number of fused-ring (bicyclic) bond motifs is 1. The Bertz CT molecular complexity index is 783. The number of rotatable bonds is 6. The third-order valence-corrected chi connectivity index (χ3v) is 4.55. The normalized spacial score (nSPS) is 12.7. The fourth-order valence-electron chi connectivity index (χ4n) is 2.69. The van der Waals surface area contributed by atoms with E-state index in [1.165, 1.54) is 12.1 Å². The molecule has 0 aliphatic carbocycles. The Kier molecular flexibility index (Phi) is 4.98. The van der Waals surface area contributed by atoms with Gasteiger partial charge in [-0.25, -0.2) is 9.37 Å². The van der Waals surface area contributed by atoms with Gasteiger partial charge in [0, 0.05) is 6.54 Å². The van der Waals surface area contributed by atoms with Crippen molar-refractivity contribution in [3.8, 4) is 0 Å². The van der Waals surface area contributed by atoms with Crippen LogP contribution in [0.15, 0.2) is 48.5 Å². The topological polar surface area (TPSA) is 43.8 Å². The number of imidazole rings is 1. The van der Waals surface area contributed by atoms with E-state index in [1.807, 2.05) is 18.2 Å². The quantitative estimate of drug-likeness (QED) is 0.744. The van der Waals surface area contributed by atoms with Gasteiger partial charge in [0.25, 0.3) is 0 Å². The number of benzene rings is 2. The molecule has 1 heterocycles. The molecule has 1 atom stereocenters. The lowest BCUT2D eigenvalue weighted by Gasteiger charge is -2.14. The second kappa shape index (κ2) is 7.15. The van der Waals surface area contributed by atoms with Crippen molar-refractivity contribution in [1.29, 1.82) is 0 Å². The lowest BCUT2D eigenvalue weighted by Crippen LogP contribution is -2.18. The first-order valence-electron chi connectivity index (χ1n) is 7.63. The van der Waals surface area contributed by atoms with Crippen LogP contribution in [0.3, 0.4) is 0 Å². The number of para-hydroxylation sites is 2. The molecule has 1 aromatic heterocycles. The summed E-state index contributed by atoms with van der Waals surface area (Å²) in [6, 6.07) is 14.5. The van der Waals surface area contributed by atoms with Gasteiger partial charge in [0.15, 0.2) is 0 Å². The largest absolute Gasteiger partial charge is 0.322 e. The van der Waals surface area contributed by atoms with Crippen molar-refractivity contribution in [2.75, 3.05) is 12.0 Å². The van der Waals surface area contributed by atoms with Gasteiger partial charge in [-0.3, -0.25) is 0 Å². The van der Waals surface area contributed by atoms with Gasteiger partial charge in [-0.15, -0.1) is 0 Å².